The molecule has 190 valence electrons. The van der Waals surface area contributed by atoms with Crippen LogP contribution in [-0.2, 0) is 13.0 Å². The van der Waals surface area contributed by atoms with E-state index in [1.807, 2.05) is 29.1 Å². The van der Waals surface area contributed by atoms with Crippen molar-refractivity contribution in [3.63, 3.8) is 0 Å². The largest absolute Gasteiger partial charge is 0.493 e. The van der Waals surface area contributed by atoms with Gasteiger partial charge < -0.3 is 9.64 Å². The van der Waals surface area contributed by atoms with Crippen LogP contribution in [0.15, 0.2) is 48.9 Å². The summed E-state index contributed by atoms with van der Waals surface area (Å²) in [7, 11) is 0. The van der Waals surface area contributed by atoms with E-state index in [-0.39, 0.29) is 11.9 Å². The van der Waals surface area contributed by atoms with Crippen molar-refractivity contribution in [1.82, 2.24) is 24.6 Å². The molecule has 2 bridgehead atoms. The summed E-state index contributed by atoms with van der Waals surface area (Å²) in [6.45, 7) is 12.0. The molecule has 1 amide bonds. The summed E-state index contributed by atoms with van der Waals surface area (Å²) in [6, 6.07) is 11.2. The van der Waals surface area contributed by atoms with Crippen molar-refractivity contribution >= 4 is 5.91 Å². The third-order valence-corrected chi connectivity index (χ3v) is 8.05. The molecule has 0 radical (unpaired) electrons. The van der Waals surface area contributed by atoms with Crippen molar-refractivity contribution in [3.05, 3.63) is 76.9 Å². The number of aryl methyl sites for hydroxylation is 2. The average Bonchev–Trinajstić information content (AvgIpc) is 3.66. The van der Waals surface area contributed by atoms with Crippen LogP contribution in [0.25, 0.3) is 0 Å². The Morgan fingerprint density at radius 3 is 2.67 bits per heavy atom. The van der Waals surface area contributed by atoms with E-state index in [9.17, 15) is 4.79 Å². The van der Waals surface area contributed by atoms with E-state index in [4.69, 9.17) is 4.74 Å². The van der Waals surface area contributed by atoms with Gasteiger partial charge in [-0.15, -0.1) is 0 Å². The second-order valence-corrected chi connectivity index (χ2v) is 10.1. The lowest BCUT2D eigenvalue weighted by atomic mass is 9.96. The van der Waals surface area contributed by atoms with Crippen LogP contribution < -0.4 is 4.74 Å². The monoisotopic (exact) mass is 487 g/mol. The number of aromatic nitrogens is 3. The Bertz CT molecular complexity index is 1190. The molecular formula is C29H37N5O2. The zero-order valence-corrected chi connectivity index (χ0v) is 21.9. The SMILES string of the molecule is CCc1ccc(C(=O)N2C[C@@H]3C[C@H]2CN3[C@@H](C)c2ccc(OCCCn3cccn3)c(C)c2C)cn1. The van der Waals surface area contributed by atoms with E-state index in [0.717, 1.165) is 50.3 Å². The number of likely N-dealkylation sites (tertiary alicyclic amines) is 2. The molecule has 5 rings (SSSR count). The number of benzene rings is 1. The summed E-state index contributed by atoms with van der Waals surface area (Å²) in [6.07, 6.45) is 8.37. The molecule has 3 aromatic rings. The second kappa shape index (κ2) is 10.4. The van der Waals surface area contributed by atoms with Crippen molar-refractivity contribution in [1.29, 1.82) is 0 Å². The minimum Gasteiger partial charge on any atom is -0.493 e. The highest BCUT2D eigenvalue weighted by Crippen LogP contribution is 2.39. The molecule has 0 saturated carbocycles. The predicted octanol–water partition coefficient (Wildman–Crippen LogP) is 4.59. The van der Waals surface area contributed by atoms with Crippen molar-refractivity contribution in [2.45, 2.75) is 71.6 Å². The molecule has 2 aromatic heterocycles. The summed E-state index contributed by atoms with van der Waals surface area (Å²) >= 11 is 0. The fourth-order valence-electron chi connectivity index (χ4n) is 5.79. The van der Waals surface area contributed by atoms with Gasteiger partial charge in [0, 0.05) is 68.5 Å². The number of hydrogen-bond donors (Lipinski definition) is 0. The highest BCUT2D eigenvalue weighted by Gasteiger charge is 2.47. The standard InChI is InChI=1S/C29H37N5O2/c1-5-24-9-8-23(17-30-24)29(35)34-19-25-16-26(34)18-33(25)22(4)27-10-11-28(21(3)20(27)2)36-15-7-14-32-13-6-12-31-32/h6,8-13,17,22,25-26H,5,7,14-16,18-19H2,1-4H3/t22-,25-,26-/m0/s1. The number of piperazine rings is 1. The quantitative estimate of drug-likeness (QED) is 0.413. The van der Waals surface area contributed by atoms with E-state index >= 15 is 0 Å². The molecule has 0 unspecified atom stereocenters. The van der Waals surface area contributed by atoms with E-state index in [0.29, 0.717) is 24.3 Å². The van der Waals surface area contributed by atoms with Crippen molar-refractivity contribution in [3.8, 4) is 5.75 Å². The van der Waals surface area contributed by atoms with Crippen molar-refractivity contribution < 1.29 is 9.53 Å². The minimum atomic E-state index is 0.117. The Balaban J connectivity index is 1.19. The molecule has 1 aromatic carbocycles. The average molecular weight is 488 g/mol. The normalized spacial score (nSPS) is 20.2. The number of hydrogen-bond acceptors (Lipinski definition) is 5. The maximum Gasteiger partial charge on any atom is 0.255 e. The topological polar surface area (TPSA) is 63.5 Å². The van der Waals surface area contributed by atoms with Crippen LogP contribution in [0.5, 0.6) is 5.75 Å². The van der Waals surface area contributed by atoms with E-state index < -0.39 is 0 Å². The van der Waals surface area contributed by atoms with Gasteiger partial charge in [0.25, 0.3) is 5.91 Å². The number of amides is 1. The Labute approximate surface area is 214 Å². The number of fused-ring (bicyclic) bond motifs is 2. The smallest absolute Gasteiger partial charge is 0.255 e. The molecular weight excluding hydrogens is 450 g/mol. The minimum absolute atomic E-state index is 0.117. The number of rotatable bonds is 9. The summed E-state index contributed by atoms with van der Waals surface area (Å²) in [5, 5.41) is 4.25. The number of ether oxygens (including phenoxy) is 1. The molecule has 4 heterocycles. The fraction of sp³-hybridized carbons (Fsp3) is 0.483. The Hall–Kier alpha value is -3.19. The zero-order chi connectivity index (χ0) is 25.2. The van der Waals surface area contributed by atoms with Gasteiger partial charge in [0.15, 0.2) is 0 Å². The van der Waals surface area contributed by atoms with E-state index in [1.54, 1.807) is 12.4 Å². The lowest BCUT2D eigenvalue weighted by Crippen LogP contribution is -2.49. The van der Waals surface area contributed by atoms with Crippen LogP contribution in [0.1, 0.15) is 65.5 Å². The first-order chi connectivity index (χ1) is 17.5. The van der Waals surface area contributed by atoms with Crippen LogP contribution in [-0.4, -0.2) is 62.3 Å². The van der Waals surface area contributed by atoms with Crippen molar-refractivity contribution in [2.75, 3.05) is 19.7 Å². The van der Waals surface area contributed by atoms with Gasteiger partial charge in [-0.3, -0.25) is 19.4 Å². The number of carbonyl (C=O) groups excluding carboxylic acids is 1. The number of pyridine rings is 1. The summed E-state index contributed by atoms with van der Waals surface area (Å²) in [4.78, 5) is 22.2. The van der Waals surface area contributed by atoms with Crippen LogP contribution in [0.4, 0.5) is 0 Å². The Morgan fingerprint density at radius 1 is 1.14 bits per heavy atom. The fourth-order valence-corrected chi connectivity index (χ4v) is 5.79. The Morgan fingerprint density at radius 2 is 2.00 bits per heavy atom. The maximum atomic E-state index is 13.1. The molecule has 0 spiro atoms. The summed E-state index contributed by atoms with van der Waals surface area (Å²) in [5.41, 5.74) is 5.57. The van der Waals surface area contributed by atoms with Gasteiger partial charge in [-0.2, -0.15) is 5.10 Å². The molecule has 7 heteroatoms. The van der Waals surface area contributed by atoms with Crippen LogP contribution in [0, 0.1) is 13.8 Å². The van der Waals surface area contributed by atoms with Gasteiger partial charge in [-0.25, -0.2) is 0 Å². The molecule has 2 saturated heterocycles. The third kappa shape index (κ3) is 4.76. The molecule has 2 aliphatic rings. The van der Waals surface area contributed by atoms with Crippen LogP contribution in [0.3, 0.4) is 0 Å². The first-order valence-electron chi connectivity index (χ1n) is 13.2. The van der Waals surface area contributed by atoms with Crippen LogP contribution >= 0.6 is 0 Å². The first kappa shape index (κ1) is 24.5. The Kier molecular flexibility index (Phi) is 7.10. The third-order valence-electron chi connectivity index (χ3n) is 8.05. The number of nitrogens with zero attached hydrogens (tertiary/aromatic N) is 5. The summed E-state index contributed by atoms with van der Waals surface area (Å²) < 4.78 is 8.05. The van der Waals surface area contributed by atoms with Gasteiger partial charge in [-0.1, -0.05) is 13.0 Å². The molecule has 36 heavy (non-hydrogen) atoms. The van der Waals surface area contributed by atoms with Gasteiger partial charge in [0.05, 0.1) is 12.2 Å². The lowest BCUT2D eigenvalue weighted by molar-refractivity contribution is 0.0568. The molecule has 0 N–H and O–H groups in total. The molecule has 2 aliphatic heterocycles. The van der Waals surface area contributed by atoms with Gasteiger partial charge >= 0.3 is 0 Å². The maximum absolute atomic E-state index is 13.1. The molecule has 3 atom stereocenters. The van der Waals surface area contributed by atoms with Crippen molar-refractivity contribution in [2.24, 2.45) is 0 Å². The van der Waals surface area contributed by atoms with E-state index in [2.05, 4.69) is 59.7 Å². The second-order valence-electron chi connectivity index (χ2n) is 10.1. The number of carbonyl (C=O) groups is 1. The van der Waals surface area contributed by atoms with E-state index in [1.165, 1.54) is 16.7 Å². The van der Waals surface area contributed by atoms with Gasteiger partial charge in [-0.05, 0) is 74.6 Å². The van der Waals surface area contributed by atoms with Crippen LogP contribution in [0.2, 0.25) is 0 Å². The molecule has 7 nitrogen and oxygen atoms in total. The zero-order valence-electron chi connectivity index (χ0n) is 21.9. The lowest BCUT2D eigenvalue weighted by Gasteiger charge is -2.38. The summed E-state index contributed by atoms with van der Waals surface area (Å²) in [5.74, 6) is 1.08. The highest BCUT2D eigenvalue weighted by atomic mass is 16.5. The first-order valence-corrected chi connectivity index (χ1v) is 13.2. The molecule has 2 fully saturated rings. The molecule has 0 aliphatic carbocycles. The highest BCUT2D eigenvalue weighted by molar-refractivity contribution is 5.94. The van der Waals surface area contributed by atoms with Gasteiger partial charge in [0.2, 0.25) is 0 Å². The van der Waals surface area contributed by atoms with Gasteiger partial charge in [0.1, 0.15) is 5.75 Å². The predicted molar refractivity (Wildman–Crippen MR) is 140 cm³/mol.